The predicted octanol–water partition coefficient (Wildman–Crippen LogP) is 0.428. The highest BCUT2D eigenvalue weighted by Gasteiger charge is 2.18. The molecule has 66 valence electrons. The van der Waals surface area contributed by atoms with Gasteiger partial charge in [0.1, 0.15) is 12.4 Å². The fourth-order valence-corrected chi connectivity index (χ4v) is 1.40. The topological polar surface area (TPSA) is 36.3 Å². The van der Waals surface area contributed by atoms with Crippen LogP contribution in [0.5, 0.6) is 0 Å². The van der Waals surface area contributed by atoms with E-state index >= 15 is 0 Å². The molecule has 2 heterocycles. The number of hydrogen-bond acceptors (Lipinski definition) is 3. The van der Waals surface area contributed by atoms with Crippen LogP contribution in [0.15, 0.2) is 12.4 Å². The Morgan fingerprint density at radius 3 is 3.58 bits per heavy atom. The molecule has 12 heavy (non-hydrogen) atoms. The maximum absolute atomic E-state index is 5.49. The lowest BCUT2D eigenvalue weighted by molar-refractivity contribution is -0.0400. The van der Waals surface area contributed by atoms with Gasteiger partial charge in [-0.05, 0) is 0 Å². The first kappa shape index (κ1) is 7.76. The Kier molecular flexibility index (Phi) is 2.10. The molecule has 0 saturated carbocycles. The summed E-state index contributed by atoms with van der Waals surface area (Å²) in [5, 5.41) is 0. The molecular formula is C8H12N2O2. The van der Waals surface area contributed by atoms with Crippen LogP contribution in [0.4, 0.5) is 0 Å². The summed E-state index contributed by atoms with van der Waals surface area (Å²) in [4.78, 5) is 4.15. The van der Waals surface area contributed by atoms with Crippen LogP contribution in [0, 0.1) is 0 Å². The molecule has 1 atom stereocenters. The molecule has 0 bridgehead atoms. The van der Waals surface area contributed by atoms with Crippen LogP contribution in [0.2, 0.25) is 0 Å². The molecule has 4 heteroatoms. The van der Waals surface area contributed by atoms with E-state index < -0.39 is 0 Å². The molecule has 1 unspecified atom stereocenters. The second-order valence-corrected chi connectivity index (χ2v) is 2.88. The van der Waals surface area contributed by atoms with Gasteiger partial charge in [-0.1, -0.05) is 0 Å². The van der Waals surface area contributed by atoms with E-state index in [9.17, 15) is 0 Å². The zero-order valence-corrected chi connectivity index (χ0v) is 7.06. The van der Waals surface area contributed by atoms with Crippen LogP contribution >= 0.6 is 0 Å². The first-order valence-corrected chi connectivity index (χ1v) is 4.00. The van der Waals surface area contributed by atoms with Gasteiger partial charge in [0.05, 0.1) is 19.3 Å². The maximum atomic E-state index is 5.49. The fourth-order valence-electron chi connectivity index (χ4n) is 1.40. The van der Waals surface area contributed by atoms with Gasteiger partial charge in [0, 0.05) is 19.5 Å². The van der Waals surface area contributed by atoms with Gasteiger partial charge in [-0.25, -0.2) is 4.98 Å². The molecule has 0 N–H and O–H groups in total. The Labute approximate surface area is 71.1 Å². The first-order valence-electron chi connectivity index (χ1n) is 4.00. The van der Waals surface area contributed by atoms with Crippen LogP contribution in [0.3, 0.4) is 0 Å². The van der Waals surface area contributed by atoms with Crippen molar-refractivity contribution in [1.82, 2.24) is 9.55 Å². The van der Waals surface area contributed by atoms with Crippen molar-refractivity contribution in [2.75, 3.05) is 13.7 Å². The Morgan fingerprint density at radius 1 is 1.83 bits per heavy atom. The Morgan fingerprint density at radius 2 is 2.75 bits per heavy atom. The number of imidazole rings is 1. The smallest absolute Gasteiger partial charge is 0.134 e. The van der Waals surface area contributed by atoms with Gasteiger partial charge in [0.25, 0.3) is 0 Å². The minimum Gasteiger partial charge on any atom is -0.382 e. The number of hydrogen-bond donors (Lipinski definition) is 0. The average molecular weight is 168 g/mol. The normalized spacial score (nSPS) is 22.2. The van der Waals surface area contributed by atoms with Crippen molar-refractivity contribution in [3.63, 3.8) is 0 Å². The van der Waals surface area contributed by atoms with Crippen molar-refractivity contribution in [2.24, 2.45) is 0 Å². The molecule has 0 fully saturated rings. The lowest BCUT2D eigenvalue weighted by Crippen LogP contribution is -2.30. The second-order valence-electron chi connectivity index (χ2n) is 2.88. The number of ether oxygens (including phenoxy) is 2. The summed E-state index contributed by atoms with van der Waals surface area (Å²) >= 11 is 0. The van der Waals surface area contributed by atoms with Gasteiger partial charge in [0.15, 0.2) is 0 Å². The number of rotatable bonds is 2. The fraction of sp³-hybridized carbons (Fsp3) is 0.625. The van der Waals surface area contributed by atoms with Crippen LogP contribution in [0.1, 0.15) is 5.82 Å². The highest BCUT2D eigenvalue weighted by Crippen LogP contribution is 2.11. The van der Waals surface area contributed by atoms with Gasteiger partial charge in [-0.3, -0.25) is 0 Å². The van der Waals surface area contributed by atoms with E-state index in [1.165, 1.54) is 0 Å². The number of methoxy groups -OCH3 is 1. The molecule has 0 spiro atoms. The predicted molar refractivity (Wildman–Crippen MR) is 42.7 cm³/mol. The van der Waals surface area contributed by atoms with E-state index in [4.69, 9.17) is 9.47 Å². The van der Waals surface area contributed by atoms with Gasteiger partial charge >= 0.3 is 0 Å². The maximum Gasteiger partial charge on any atom is 0.134 e. The molecule has 1 aromatic heterocycles. The van der Waals surface area contributed by atoms with Crippen molar-refractivity contribution < 1.29 is 9.47 Å². The molecule has 2 rings (SSSR count). The summed E-state index contributed by atoms with van der Waals surface area (Å²) in [5.74, 6) is 1.00. The van der Waals surface area contributed by atoms with Gasteiger partial charge < -0.3 is 14.0 Å². The molecule has 4 nitrogen and oxygen atoms in total. The standard InChI is InChI=1S/C8H12N2O2/c1-11-5-7-4-10-3-2-9-8(10)6-12-7/h2-3,7H,4-6H2,1H3. The largest absolute Gasteiger partial charge is 0.382 e. The molecule has 1 aliphatic rings. The number of nitrogens with zero attached hydrogens (tertiary/aromatic N) is 2. The average Bonchev–Trinajstić information content (AvgIpc) is 2.51. The van der Waals surface area contributed by atoms with E-state index in [0.717, 1.165) is 12.4 Å². The van der Waals surface area contributed by atoms with Gasteiger partial charge in [-0.15, -0.1) is 0 Å². The third kappa shape index (κ3) is 1.35. The van der Waals surface area contributed by atoms with Crippen LogP contribution in [-0.2, 0) is 22.6 Å². The highest BCUT2D eigenvalue weighted by molar-refractivity contribution is 4.93. The van der Waals surface area contributed by atoms with Crippen molar-refractivity contribution in [3.05, 3.63) is 18.2 Å². The lowest BCUT2D eigenvalue weighted by atomic mass is 10.3. The minimum absolute atomic E-state index is 0.177. The first-order chi connectivity index (χ1) is 5.90. The Balaban J connectivity index is 2.05. The van der Waals surface area contributed by atoms with E-state index in [0.29, 0.717) is 13.2 Å². The van der Waals surface area contributed by atoms with Gasteiger partial charge in [0.2, 0.25) is 0 Å². The third-order valence-corrected chi connectivity index (χ3v) is 2.00. The van der Waals surface area contributed by atoms with E-state index in [2.05, 4.69) is 9.55 Å². The zero-order valence-electron chi connectivity index (χ0n) is 7.06. The summed E-state index contributed by atoms with van der Waals surface area (Å²) in [6, 6.07) is 0. The Hall–Kier alpha value is -0.870. The molecule has 0 radical (unpaired) electrons. The molecule has 1 aliphatic heterocycles. The molecule has 1 aromatic rings. The monoisotopic (exact) mass is 168 g/mol. The molecule has 0 saturated heterocycles. The van der Waals surface area contributed by atoms with E-state index in [1.54, 1.807) is 13.3 Å². The summed E-state index contributed by atoms with van der Waals surface area (Å²) in [5.41, 5.74) is 0. The van der Waals surface area contributed by atoms with Crippen molar-refractivity contribution in [3.8, 4) is 0 Å². The highest BCUT2D eigenvalue weighted by atomic mass is 16.5. The van der Waals surface area contributed by atoms with Crippen LogP contribution in [-0.4, -0.2) is 29.4 Å². The van der Waals surface area contributed by atoms with Crippen molar-refractivity contribution in [2.45, 2.75) is 19.3 Å². The molecule has 0 amide bonds. The summed E-state index contributed by atoms with van der Waals surface area (Å²) in [7, 11) is 1.69. The molecular weight excluding hydrogens is 156 g/mol. The van der Waals surface area contributed by atoms with E-state index in [-0.39, 0.29) is 6.10 Å². The Bertz CT molecular complexity index is 259. The number of fused-ring (bicyclic) bond motifs is 1. The number of aromatic nitrogens is 2. The van der Waals surface area contributed by atoms with Gasteiger partial charge in [-0.2, -0.15) is 0 Å². The lowest BCUT2D eigenvalue weighted by Gasteiger charge is -2.23. The van der Waals surface area contributed by atoms with Crippen LogP contribution in [0.25, 0.3) is 0 Å². The zero-order chi connectivity index (χ0) is 8.39. The SMILES string of the molecule is COCC1Cn2ccnc2CO1. The second kappa shape index (κ2) is 3.25. The van der Waals surface area contributed by atoms with Crippen molar-refractivity contribution >= 4 is 0 Å². The summed E-state index contributed by atoms with van der Waals surface area (Å²) in [6.07, 6.45) is 3.95. The molecule has 0 aromatic carbocycles. The van der Waals surface area contributed by atoms with E-state index in [1.807, 2.05) is 6.20 Å². The summed E-state index contributed by atoms with van der Waals surface area (Å²) < 4.78 is 12.6. The summed E-state index contributed by atoms with van der Waals surface area (Å²) in [6.45, 7) is 2.10. The minimum atomic E-state index is 0.177. The van der Waals surface area contributed by atoms with Crippen molar-refractivity contribution in [1.29, 1.82) is 0 Å². The molecule has 0 aliphatic carbocycles. The van der Waals surface area contributed by atoms with Crippen LogP contribution < -0.4 is 0 Å². The third-order valence-electron chi connectivity index (χ3n) is 2.00. The quantitative estimate of drug-likeness (QED) is 0.642.